The van der Waals surface area contributed by atoms with E-state index in [1.807, 2.05) is 0 Å². The van der Waals surface area contributed by atoms with Crippen LogP contribution in [0.2, 0.25) is 0 Å². The van der Waals surface area contributed by atoms with Gasteiger partial charge in [0, 0.05) is 6.04 Å². The summed E-state index contributed by atoms with van der Waals surface area (Å²) in [6.07, 6.45) is -11.7. The molecule has 0 bridgehead atoms. The molecule has 1 aliphatic heterocycles. The van der Waals surface area contributed by atoms with E-state index in [2.05, 4.69) is 0 Å². The predicted octanol–water partition coefficient (Wildman–Crippen LogP) is 2.83. The Morgan fingerprint density at radius 2 is 1.56 bits per heavy atom. The Morgan fingerprint density at radius 3 is 2.08 bits per heavy atom. The van der Waals surface area contributed by atoms with Gasteiger partial charge in [-0.05, 0) is 31.0 Å². The summed E-state index contributed by atoms with van der Waals surface area (Å²) in [5, 5.41) is 0. The largest absolute Gasteiger partial charge is 0.471 e. The Labute approximate surface area is 137 Å². The molecule has 1 unspecified atom stereocenters. The first-order chi connectivity index (χ1) is 11.4. The van der Waals surface area contributed by atoms with Gasteiger partial charge in [-0.1, -0.05) is 6.07 Å². The summed E-state index contributed by atoms with van der Waals surface area (Å²) >= 11 is 0. The number of nitrogens with zero attached hydrogens (tertiary/aromatic N) is 1. The van der Waals surface area contributed by atoms with E-state index in [0.717, 1.165) is 6.92 Å². The maximum absolute atomic E-state index is 12.6. The van der Waals surface area contributed by atoms with E-state index in [1.54, 1.807) is 0 Å². The second kappa shape index (κ2) is 6.45. The molecule has 0 radical (unpaired) electrons. The first kappa shape index (κ1) is 18.9. The number of imide groups is 1. The van der Waals surface area contributed by atoms with E-state index < -0.39 is 41.5 Å². The van der Waals surface area contributed by atoms with Crippen molar-refractivity contribution >= 4 is 11.8 Å². The fourth-order valence-electron chi connectivity index (χ4n) is 2.27. The smallest absolute Gasteiger partial charge is 0.454 e. The van der Waals surface area contributed by atoms with Crippen molar-refractivity contribution in [3.8, 4) is 11.5 Å². The maximum Gasteiger partial charge on any atom is 0.471 e. The van der Waals surface area contributed by atoms with Gasteiger partial charge in [0.2, 0.25) is 6.79 Å². The van der Waals surface area contributed by atoms with Crippen LogP contribution in [-0.4, -0.2) is 41.9 Å². The van der Waals surface area contributed by atoms with E-state index in [4.69, 9.17) is 9.47 Å². The topological polar surface area (TPSA) is 55.8 Å². The predicted molar refractivity (Wildman–Crippen MR) is 69.7 cm³/mol. The molecule has 1 heterocycles. The molecule has 0 N–H and O–H groups in total. The fraction of sp³-hybridized carbons (Fsp3) is 0.429. The molecule has 0 spiro atoms. The van der Waals surface area contributed by atoms with E-state index in [0.29, 0.717) is 5.75 Å². The van der Waals surface area contributed by atoms with E-state index in [9.17, 15) is 35.9 Å². The van der Waals surface area contributed by atoms with Gasteiger partial charge in [0.1, 0.15) is 0 Å². The maximum atomic E-state index is 12.6. The van der Waals surface area contributed by atoms with Crippen molar-refractivity contribution in [1.82, 2.24) is 4.90 Å². The summed E-state index contributed by atoms with van der Waals surface area (Å²) in [6.45, 7) is 0.845. The highest BCUT2D eigenvalue weighted by Gasteiger charge is 2.53. The van der Waals surface area contributed by atoms with Gasteiger partial charge in [-0.15, -0.1) is 0 Å². The lowest BCUT2D eigenvalue weighted by molar-refractivity contribution is -0.206. The number of carbonyl (C=O) groups is 2. The number of halogens is 6. The highest BCUT2D eigenvalue weighted by atomic mass is 19.4. The number of hydrogen-bond acceptors (Lipinski definition) is 4. The molecule has 0 aliphatic carbocycles. The summed E-state index contributed by atoms with van der Waals surface area (Å²) < 4.78 is 85.6. The first-order valence-corrected chi connectivity index (χ1v) is 6.81. The van der Waals surface area contributed by atoms with Crippen molar-refractivity contribution < 1.29 is 45.4 Å². The Hall–Kier alpha value is -2.46. The van der Waals surface area contributed by atoms with Crippen molar-refractivity contribution in [1.29, 1.82) is 0 Å². The molecular formula is C14H11F6NO4. The van der Waals surface area contributed by atoms with Crippen LogP contribution < -0.4 is 9.47 Å². The van der Waals surface area contributed by atoms with Crippen molar-refractivity contribution in [2.45, 2.75) is 31.7 Å². The zero-order valence-electron chi connectivity index (χ0n) is 12.6. The summed E-state index contributed by atoms with van der Waals surface area (Å²) in [5.41, 5.74) is 0.270. The SMILES string of the molecule is CC(Cc1ccc2c(c1)OCO2)N(C(=O)C(F)(F)F)C(=O)C(F)(F)F. The van der Waals surface area contributed by atoms with Crippen LogP contribution in [0.15, 0.2) is 18.2 Å². The van der Waals surface area contributed by atoms with Crippen molar-refractivity contribution in [3.05, 3.63) is 23.8 Å². The standard InChI is InChI=1S/C14H11F6NO4/c1-7(4-8-2-3-9-10(5-8)25-6-24-9)21(11(22)13(15,16)17)12(23)14(18,19)20/h2-3,5,7H,4,6H2,1H3. The molecule has 1 atom stereocenters. The average Bonchev–Trinajstić information content (AvgIpc) is 2.92. The molecule has 138 valence electrons. The number of carbonyl (C=O) groups excluding carboxylic acids is 2. The first-order valence-electron chi connectivity index (χ1n) is 6.81. The van der Waals surface area contributed by atoms with Gasteiger partial charge in [-0.3, -0.25) is 14.5 Å². The van der Waals surface area contributed by atoms with Crippen molar-refractivity contribution in [3.63, 3.8) is 0 Å². The number of alkyl halides is 6. The van der Waals surface area contributed by atoms with Crippen LogP contribution in [0.25, 0.3) is 0 Å². The highest BCUT2D eigenvalue weighted by molar-refractivity contribution is 6.00. The Bertz CT molecular complexity index is 659. The van der Waals surface area contributed by atoms with Crippen LogP contribution in [-0.2, 0) is 16.0 Å². The van der Waals surface area contributed by atoms with Gasteiger partial charge in [0.15, 0.2) is 11.5 Å². The second-order valence-electron chi connectivity index (χ2n) is 5.22. The molecule has 0 fully saturated rings. The Morgan fingerprint density at radius 1 is 1.04 bits per heavy atom. The lowest BCUT2D eigenvalue weighted by Gasteiger charge is -2.28. The van der Waals surface area contributed by atoms with Crippen molar-refractivity contribution in [2.24, 2.45) is 0 Å². The summed E-state index contributed by atoms with van der Waals surface area (Å²) in [4.78, 5) is 21.8. The van der Waals surface area contributed by atoms with Gasteiger partial charge in [-0.25, -0.2) is 0 Å². The quantitative estimate of drug-likeness (QED) is 0.767. The number of hydrogen-bond donors (Lipinski definition) is 0. The molecule has 0 aromatic heterocycles. The molecule has 0 saturated carbocycles. The number of ether oxygens (including phenoxy) is 2. The summed E-state index contributed by atoms with van der Waals surface area (Å²) in [6, 6.07) is 2.47. The third kappa shape index (κ3) is 4.15. The normalized spacial score (nSPS) is 15.0. The fourth-order valence-corrected chi connectivity index (χ4v) is 2.27. The summed E-state index contributed by atoms with van der Waals surface area (Å²) in [7, 11) is 0. The van der Waals surface area contributed by atoms with Crippen LogP contribution in [0.4, 0.5) is 26.3 Å². The third-order valence-corrected chi connectivity index (χ3v) is 3.33. The van der Waals surface area contributed by atoms with Crippen LogP contribution in [0, 0.1) is 0 Å². The average molecular weight is 371 g/mol. The number of benzene rings is 1. The minimum absolute atomic E-state index is 0.0699. The highest BCUT2D eigenvalue weighted by Crippen LogP contribution is 2.33. The van der Waals surface area contributed by atoms with E-state index in [-0.39, 0.29) is 18.1 Å². The van der Waals surface area contributed by atoms with Gasteiger partial charge in [0.25, 0.3) is 0 Å². The molecule has 1 aliphatic rings. The van der Waals surface area contributed by atoms with Crippen LogP contribution in [0.1, 0.15) is 12.5 Å². The van der Waals surface area contributed by atoms with Crippen LogP contribution in [0.5, 0.6) is 11.5 Å². The minimum Gasteiger partial charge on any atom is -0.454 e. The molecule has 5 nitrogen and oxygen atoms in total. The minimum atomic E-state index is -5.62. The van der Waals surface area contributed by atoms with Gasteiger partial charge in [0.05, 0.1) is 0 Å². The molecule has 2 amide bonds. The van der Waals surface area contributed by atoms with E-state index >= 15 is 0 Å². The lowest BCUT2D eigenvalue weighted by atomic mass is 10.0. The van der Waals surface area contributed by atoms with E-state index in [1.165, 1.54) is 18.2 Å². The number of amides is 2. The molecule has 1 aromatic rings. The Balaban J connectivity index is 2.27. The van der Waals surface area contributed by atoms with Crippen molar-refractivity contribution in [2.75, 3.05) is 6.79 Å². The molecule has 1 aromatic carbocycles. The molecule has 25 heavy (non-hydrogen) atoms. The molecule has 2 rings (SSSR count). The monoisotopic (exact) mass is 371 g/mol. The molecule has 11 heteroatoms. The zero-order valence-corrected chi connectivity index (χ0v) is 12.6. The van der Waals surface area contributed by atoms with Crippen LogP contribution >= 0.6 is 0 Å². The van der Waals surface area contributed by atoms with Crippen LogP contribution in [0.3, 0.4) is 0 Å². The van der Waals surface area contributed by atoms with Gasteiger partial charge < -0.3 is 9.47 Å². The third-order valence-electron chi connectivity index (χ3n) is 3.33. The van der Waals surface area contributed by atoms with Gasteiger partial charge in [-0.2, -0.15) is 26.3 Å². The molecular weight excluding hydrogens is 360 g/mol. The molecule has 0 saturated heterocycles. The zero-order chi connectivity index (χ0) is 19.0. The Kier molecular flexibility index (Phi) is 4.87. The number of fused-ring (bicyclic) bond motifs is 1. The number of rotatable bonds is 3. The van der Waals surface area contributed by atoms with Gasteiger partial charge >= 0.3 is 24.2 Å². The lowest BCUT2D eigenvalue weighted by Crippen LogP contribution is -2.54. The summed E-state index contributed by atoms with van der Waals surface area (Å²) in [5.74, 6) is -5.11. The second-order valence-corrected chi connectivity index (χ2v) is 5.22.